The summed E-state index contributed by atoms with van der Waals surface area (Å²) in [4.78, 5) is 12.6. The monoisotopic (exact) mass is 446 g/mol. The number of nitrogens with one attached hydrogen (secondary N) is 1. The number of hydrogen-bond acceptors (Lipinski definition) is 4. The van der Waals surface area contributed by atoms with Crippen LogP contribution in [-0.2, 0) is 14.8 Å². The number of anilines is 1. The molecule has 0 heterocycles. The molecule has 3 rings (SSSR count). The molecule has 0 aliphatic rings. The second-order valence-corrected chi connectivity index (χ2v) is 9.16. The summed E-state index contributed by atoms with van der Waals surface area (Å²) >= 11 is 5.88. The average Bonchev–Trinajstić information content (AvgIpc) is 2.71. The van der Waals surface area contributed by atoms with E-state index in [1.807, 2.05) is 42.5 Å². The van der Waals surface area contributed by atoms with E-state index in [-0.39, 0.29) is 13.2 Å². The van der Waals surface area contributed by atoms with E-state index in [4.69, 9.17) is 16.3 Å². The fourth-order valence-electron chi connectivity index (χ4n) is 3.14. The minimum Gasteiger partial charge on any atom is -0.492 e. The first-order chi connectivity index (χ1) is 14.3. The molecule has 0 unspecified atom stereocenters. The zero-order chi connectivity index (χ0) is 21.7. The molecule has 1 N–H and O–H groups in total. The van der Waals surface area contributed by atoms with Crippen LogP contribution in [0.2, 0.25) is 5.02 Å². The van der Waals surface area contributed by atoms with Crippen molar-refractivity contribution in [1.82, 2.24) is 5.32 Å². The van der Waals surface area contributed by atoms with Gasteiger partial charge in [0.25, 0.3) is 0 Å². The van der Waals surface area contributed by atoms with Gasteiger partial charge in [0, 0.05) is 5.02 Å². The Balaban J connectivity index is 1.58. The number of benzene rings is 3. The Morgan fingerprint density at radius 1 is 1.07 bits per heavy atom. The summed E-state index contributed by atoms with van der Waals surface area (Å²) in [7, 11) is -3.67. The second kappa shape index (κ2) is 9.36. The highest BCUT2D eigenvalue weighted by Gasteiger charge is 2.28. The van der Waals surface area contributed by atoms with Crippen molar-refractivity contribution in [2.24, 2.45) is 0 Å². The quantitative estimate of drug-likeness (QED) is 0.533. The normalized spacial score (nSPS) is 12.4. The molecule has 0 saturated heterocycles. The Hall–Kier alpha value is -2.77. The molecule has 0 bridgehead atoms. The Morgan fingerprint density at radius 2 is 1.73 bits per heavy atom. The van der Waals surface area contributed by atoms with Crippen molar-refractivity contribution in [2.75, 3.05) is 23.7 Å². The fraction of sp³-hybridized carbons (Fsp3) is 0.227. The smallest absolute Gasteiger partial charge is 0.243 e. The lowest BCUT2D eigenvalue weighted by atomic mass is 10.1. The molecule has 1 atom stereocenters. The van der Waals surface area contributed by atoms with Crippen LogP contribution in [0, 0.1) is 0 Å². The van der Waals surface area contributed by atoms with Gasteiger partial charge in [-0.05, 0) is 54.1 Å². The van der Waals surface area contributed by atoms with E-state index in [0.29, 0.717) is 16.5 Å². The SMILES string of the molecule is C[C@@H](C(=O)NCCOc1ccc2ccccc2c1)N(c1ccc(Cl)cc1)S(C)(=O)=O. The molecule has 0 spiro atoms. The third kappa shape index (κ3) is 5.43. The lowest BCUT2D eigenvalue weighted by Crippen LogP contribution is -2.48. The first-order valence-electron chi connectivity index (χ1n) is 9.40. The molecule has 8 heteroatoms. The van der Waals surface area contributed by atoms with Crippen molar-refractivity contribution in [3.05, 3.63) is 71.8 Å². The van der Waals surface area contributed by atoms with Gasteiger partial charge in [0.1, 0.15) is 18.4 Å². The summed E-state index contributed by atoms with van der Waals surface area (Å²) in [5, 5.41) is 5.40. The topological polar surface area (TPSA) is 75.7 Å². The maximum atomic E-state index is 12.6. The number of halogens is 1. The molecule has 0 saturated carbocycles. The number of rotatable bonds is 8. The van der Waals surface area contributed by atoms with Crippen molar-refractivity contribution < 1.29 is 17.9 Å². The van der Waals surface area contributed by atoms with Crippen LogP contribution in [0.5, 0.6) is 5.75 Å². The van der Waals surface area contributed by atoms with Gasteiger partial charge in [0.15, 0.2) is 0 Å². The van der Waals surface area contributed by atoms with Crippen molar-refractivity contribution in [3.8, 4) is 5.75 Å². The Labute approximate surface area is 181 Å². The van der Waals surface area contributed by atoms with E-state index >= 15 is 0 Å². The van der Waals surface area contributed by atoms with E-state index in [2.05, 4.69) is 5.32 Å². The Kier molecular flexibility index (Phi) is 6.84. The molecule has 0 radical (unpaired) electrons. The van der Waals surface area contributed by atoms with E-state index in [1.165, 1.54) is 6.92 Å². The number of carbonyl (C=O) groups excluding carboxylic acids is 1. The minimum atomic E-state index is -3.67. The van der Waals surface area contributed by atoms with Crippen LogP contribution in [0.15, 0.2) is 66.7 Å². The summed E-state index contributed by atoms with van der Waals surface area (Å²) in [6.45, 7) is 2.04. The highest BCUT2D eigenvalue weighted by molar-refractivity contribution is 7.92. The van der Waals surface area contributed by atoms with Crippen LogP contribution < -0.4 is 14.4 Å². The molecule has 6 nitrogen and oxygen atoms in total. The number of carbonyl (C=O) groups is 1. The van der Waals surface area contributed by atoms with Crippen molar-refractivity contribution in [3.63, 3.8) is 0 Å². The van der Waals surface area contributed by atoms with Crippen LogP contribution in [0.3, 0.4) is 0 Å². The van der Waals surface area contributed by atoms with Crippen LogP contribution in [0.25, 0.3) is 10.8 Å². The summed E-state index contributed by atoms with van der Waals surface area (Å²) in [6.07, 6.45) is 1.06. The van der Waals surface area contributed by atoms with E-state index in [9.17, 15) is 13.2 Å². The van der Waals surface area contributed by atoms with Crippen LogP contribution >= 0.6 is 11.6 Å². The molecular weight excluding hydrogens is 424 g/mol. The average molecular weight is 447 g/mol. The molecule has 0 aliphatic heterocycles. The standard InChI is InChI=1S/C22H23ClN2O4S/c1-16(25(30(2,27)28)20-10-8-19(23)9-11-20)22(26)24-13-14-29-21-12-7-17-5-3-4-6-18(17)15-21/h3-12,15-16H,13-14H2,1-2H3,(H,24,26)/t16-/m0/s1. The minimum absolute atomic E-state index is 0.244. The number of ether oxygens (including phenoxy) is 1. The van der Waals surface area contributed by atoms with Crippen molar-refractivity contribution in [2.45, 2.75) is 13.0 Å². The molecule has 0 aliphatic carbocycles. The molecule has 0 fully saturated rings. The Morgan fingerprint density at radius 3 is 2.40 bits per heavy atom. The maximum Gasteiger partial charge on any atom is 0.243 e. The molecule has 30 heavy (non-hydrogen) atoms. The summed E-state index contributed by atoms with van der Waals surface area (Å²) in [6, 6.07) is 19.1. The third-order valence-corrected chi connectivity index (χ3v) is 6.05. The van der Waals surface area contributed by atoms with Gasteiger partial charge in [-0.3, -0.25) is 9.10 Å². The van der Waals surface area contributed by atoms with Crippen LogP contribution in [-0.4, -0.2) is 39.8 Å². The predicted octanol–water partition coefficient (Wildman–Crippen LogP) is 3.84. The summed E-state index contributed by atoms with van der Waals surface area (Å²) in [5.41, 5.74) is 0.372. The molecule has 0 aromatic heterocycles. The zero-order valence-corrected chi connectivity index (χ0v) is 18.3. The van der Waals surface area contributed by atoms with Crippen molar-refractivity contribution >= 4 is 44.0 Å². The number of hydrogen-bond donors (Lipinski definition) is 1. The first kappa shape index (κ1) is 21.9. The molecule has 3 aromatic rings. The number of sulfonamides is 1. The summed E-state index contributed by atoms with van der Waals surface area (Å²) in [5.74, 6) is 0.285. The van der Waals surface area contributed by atoms with Gasteiger partial charge in [-0.25, -0.2) is 8.42 Å². The highest BCUT2D eigenvalue weighted by Crippen LogP contribution is 2.23. The zero-order valence-electron chi connectivity index (χ0n) is 16.7. The van der Waals surface area contributed by atoms with Crippen LogP contribution in [0.4, 0.5) is 5.69 Å². The number of nitrogens with zero attached hydrogens (tertiary/aromatic N) is 1. The number of amides is 1. The lowest BCUT2D eigenvalue weighted by molar-refractivity contribution is -0.121. The van der Waals surface area contributed by atoms with E-state index in [1.54, 1.807) is 24.3 Å². The highest BCUT2D eigenvalue weighted by atomic mass is 35.5. The van der Waals surface area contributed by atoms with Gasteiger partial charge in [-0.1, -0.05) is 41.9 Å². The number of fused-ring (bicyclic) bond motifs is 1. The molecule has 3 aromatic carbocycles. The van der Waals surface area contributed by atoms with Gasteiger partial charge in [-0.15, -0.1) is 0 Å². The maximum absolute atomic E-state index is 12.6. The van der Waals surface area contributed by atoms with Crippen molar-refractivity contribution in [1.29, 1.82) is 0 Å². The molecule has 158 valence electrons. The predicted molar refractivity (Wildman–Crippen MR) is 121 cm³/mol. The third-order valence-electron chi connectivity index (χ3n) is 4.56. The molecular formula is C22H23ClN2O4S. The van der Waals surface area contributed by atoms with Gasteiger partial charge in [0.2, 0.25) is 15.9 Å². The van der Waals surface area contributed by atoms with Gasteiger partial charge >= 0.3 is 0 Å². The summed E-state index contributed by atoms with van der Waals surface area (Å²) < 4.78 is 31.3. The van der Waals surface area contributed by atoms with E-state index < -0.39 is 22.0 Å². The Bertz CT molecular complexity index is 1130. The fourth-order valence-corrected chi connectivity index (χ4v) is 4.45. The molecule has 1 amide bonds. The largest absolute Gasteiger partial charge is 0.492 e. The van der Waals surface area contributed by atoms with Crippen LogP contribution in [0.1, 0.15) is 6.92 Å². The lowest BCUT2D eigenvalue weighted by Gasteiger charge is -2.28. The van der Waals surface area contributed by atoms with Gasteiger partial charge < -0.3 is 10.1 Å². The first-order valence-corrected chi connectivity index (χ1v) is 11.6. The van der Waals surface area contributed by atoms with Gasteiger partial charge in [-0.2, -0.15) is 0 Å². The second-order valence-electron chi connectivity index (χ2n) is 6.86. The van der Waals surface area contributed by atoms with E-state index in [0.717, 1.165) is 21.3 Å². The van der Waals surface area contributed by atoms with Gasteiger partial charge in [0.05, 0.1) is 18.5 Å².